The van der Waals surface area contributed by atoms with E-state index in [0.717, 1.165) is 18.9 Å². The first-order valence-electron chi connectivity index (χ1n) is 9.79. The van der Waals surface area contributed by atoms with Crippen LogP contribution in [0.1, 0.15) is 48.8 Å². The van der Waals surface area contributed by atoms with E-state index < -0.39 is 35.4 Å². The number of carbonyl (C=O) groups is 2. The number of hydrogen-bond acceptors (Lipinski definition) is 5. The highest BCUT2D eigenvalue weighted by atomic mass is 19.4. The molecule has 7 nitrogen and oxygen atoms in total. The van der Waals surface area contributed by atoms with Crippen molar-refractivity contribution >= 4 is 11.8 Å². The number of nitrogens with zero attached hydrogens (tertiary/aromatic N) is 3. The van der Waals surface area contributed by atoms with Gasteiger partial charge in [-0.15, -0.1) is 0 Å². The van der Waals surface area contributed by atoms with Crippen molar-refractivity contribution in [3.05, 3.63) is 35.7 Å². The maximum atomic E-state index is 13.2. The van der Waals surface area contributed by atoms with Crippen molar-refractivity contribution in [3.8, 4) is 11.5 Å². The van der Waals surface area contributed by atoms with Gasteiger partial charge in [0.05, 0.1) is 11.1 Å². The van der Waals surface area contributed by atoms with Gasteiger partial charge < -0.3 is 14.7 Å². The van der Waals surface area contributed by atoms with Crippen LogP contribution >= 0.6 is 0 Å². The van der Waals surface area contributed by atoms with Gasteiger partial charge in [-0.1, -0.05) is 17.3 Å². The quantitative estimate of drug-likeness (QED) is 0.817. The van der Waals surface area contributed by atoms with Crippen LogP contribution in [0.2, 0.25) is 0 Å². The van der Waals surface area contributed by atoms with Crippen molar-refractivity contribution in [1.82, 2.24) is 20.4 Å². The van der Waals surface area contributed by atoms with E-state index in [9.17, 15) is 22.8 Å². The van der Waals surface area contributed by atoms with Crippen LogP contribution in [-0.4, -0.2) is 46.0 Å². The third-order valence-electron chi connectivity index (χ3n) is 5.90. The summed E-state index contributed by atoms with van der Waals surface area (Å²) in [5.41, 5.74) is -0.831. The Kier molecular flexibility index (Phi) is 5.03. The SMILES string of the molecule is CC(NC(=O)c1noc(-c2ccccc2C(F)(F)F)n1)C(=O)N1CCC2(CC1)CC2. The minimum Gasteiger partial charge on any atom is -0.341 e. The molecule has 10 heteroatoms. The molecule has 1 aromatic carbocycles. The van der Waals surface area contributed by atoms with Crippen LogP contribution in [0.5, 0.6) is 0 Å². The number of carbonyl (C=O) groups excluding carboxylic acids is 2. The van der Waals surface area contributed by atoms with Gasteiger partial charge in [-0.3, -0.25) is 9.59 Å². The van der Waals surface area contributed by atoms with Crippen LogP contribution in [0.3, 0.4) is 0 Å². The lowest BCUT2D eigenvalue weighted by Crippen LogP contribution is -2.49. The number of hydrogen-bond donors (Lipinski definition) is 1. The molecular weight excluding hydrogens is 401 g/mol. The molecule has 160 valence electrons. The molecule has 2 aliphatic rings. The van der Waals surface area contributed by atoms with Gasteiger partial charge in [0.1, 0.15) is 6.04 Å². The number of alkyl halides is 3. The van der Waals surface area contributed by atoms with Crippen molar-refractivity contribution in [3.63, 3.8) is 0 Å². The Labute approximate surface area is 170 Å². The zero-order chi connectivity index (χ0) is 21.5. The summed E-state index contributed by atoms with van der Waals surface area (Å²) in [5, 5.41) is 5.98. The van der Waals surface area contributed by atoms with E-state index in [4.69, 9.17) is 4.52 Å². The van der Waals surface area contributed by atoms with Crippen molar-refractivity contribution in [2.24, 2.45) is 5.41 Å². The second-order valence-corrected chi connectivity index (χ2v) is 7.99. The number of rotatable bonds is 4. The number of aromatic nitrogens is 2. The predicted octanol–water partition coefficient (Wildman–Crippen LogP) is 3.28. The molecule has 2 heterocycles. The minimum absolute atomic E-state index is 0.204. The van der Waals surface area contributed by atoms with Crippen LogP contribution in [0.15, 0.2) is 28.8 Å². The molecule has 1 saturated heterocycles. The molecule has 2 aromatic rings. The maximum Gasteiger partial charge on any atom is 0.417 e. The summed E-state index contributed by atoms with van der Waals surface area (Å²) in [4.78, 5) is 30.5. The average Bonchev–Trinajstić information content (AvgIpc) is 3.27. The van der Waals surface area contributed by atoms with Crippen LogP contribution in [0.4, 0.5) is 13.2 Å². The Hall–Kier alpha value is -2.91. The largest absolute Gasteiger partial charge is 0.417 e. The van der Waals surface area contributed by atoms with Crippen molar-refractivity contribution in [1.29, 1.82) is 0 Å². The molecule has 4 rings (SSSR count). The van der Waals surface area contributed by atoms with E-state index in [1.807, 2.05) is 0 Å². The number of piperidine rings is 1. The fraction of sp³-hybridized carbons (Fsp3) is 0.500. The number of amides is 2. The third-order valence-corrected chi connectivity index (χ3v) is 5.90. The van der Waals surface area contributed by atoms with Gasteiger partial charge in [-0.2, -0.15) is 18.2 Å². The summed E-state index contributed by atoms with van der Waals surface area (Å²) in [7, 11) is 0. The normalized spacial score (nSPS) is 18.9. The summed E-state index contributed by atoms with van der Waals surface area (Å²) in [5.74, 6) is -1.84. The third kappa shape index (κ3) is 4.03. The highest BCUT2D eigenvalue weighted by molar-refractivity contribution is 5.94. The van der Waals surface area contributed by atoms with Crippen molar-refractivity contribution in [2.75, 3.05) is 13.1 Å². The first-order chi connectivity index (χ1) is 14.2. The second-order valence-electron chi connectivity index (χ2n) is 7.99. The molecule has 0 bridgehead atoms. The van der Waals surface area contributed by atoms with Crippen molar-refractivity contribution in [2.45, 2.75) is 44.8 Å². The molecule has 30 heavy (non-hydrogen) atoms. The average molecular weight is 422 g/mol. The monoisotopic (exact) mass is 422 g/mol. The van der Waals surface area contributed by atoms with Crippen molar-refractivity contribution < 1.29 is 27.3 Å². The first-order valence-corrected chi connectivity index (χ1v) is 9.79. The number of likely N-dealkylation sites (tertiary alicyclic amines) is 1. The fourth-order valence-corrected chi connectivity index (χ4v) is 3.82. The summed E-state index contributed by atoms with van der Waals surface area (Å²) in [6.45, 7) is 2.89. The molecule has 1 unspecified atom stereocenters. The minimum atomic E-state index is -4.61. The highest BCUT2D eigenvalue weighted by Gasteiger charge is 2.45. The summed E-state index contributed by atoms with van der Waals surface area (Å²) < 4.78 is 44.4. The standard InChI is InChI=1S/C20H21F3N4O3/c1-12(18(29)27-10-8-19(6-7-19)9-11-27)24-16(28)15-25-17(30-26-15)13-4-2-3-5-14(13)20(21,22)23/h2-5,12H,6-11H2,1H3,(H,24,28). The fourth-order valence-electron chi connectivity index (χ4n) is 3.82. The maximum absolute atomic E-state index is 13.2. The Bertz CT molecular complexity index is 958. The highest BCUT2D eigenvalue weighted by Crippen LogP contribution is 2.53. The van der Waals surface area contributed by atoms with Gasteiger partial charge >= 0.3 is 6.18 Å². The van der Waals surface area contributed by atoms with Gasteiger partial charge in [0.25, 0.3) is 17.6 Å². The molecule has 1 aromatic heterocycles. The number of benzene rings is 1. The topological polar surface area (TPSA) is 88.3 Å². The Morgan fingerprint density at radius 3 is 2.47 bits per heavy atom. The van der Waals surface area contributed by atoms with Crippen LogP contribution < -0.4 is 5.32 Å². The molecule has 2 amide bonds. The van der Waals surface area contributed by atoms with Crippen LogP contribution in [0, 0.1) is 5.41 Å². The molecular formula is C20H21F3N4O3. The van der Waals surface area contributed by atoms with E-state index >= 15 is 0 Å². The molecule has 1 aliphatic carbocycles. The van der Waals surface area contributed by atoms with Crippen LogP contribution in [0.25, 0.3) is 11.5 Å². The zero-order valence-electron chi connectivity index (χ0n) is 16.3. The van der Waals surface area contributed by atoms with E-state index in [1.54, 1.807) is 11.8 Å². The second kappa shape index (κ2) is 7.41. The molecule has 1 N–H and O–H groups in total. The molecule has 0 radical (unpaired) electrons. The molecule has 1 spiro atoms. The molecule has 2 fully saturated rings. The van der Waals surface area contributed by atoms with Gasteiger partial charge in [0.2, 0.25) is 5.91 Å². The Morgan fingerprint density at radius 1 is 1.17 bits per heavy atom. The van der Waals surface area contributed by atoms with E-state index in [0.29, 0.717) is 18.5 Å². The summed E-state index contributed by atoms with van der Waals surface area (Å²) in [6, 6.07) is 3.92. The summed E-state index contributed by atoms with van der Waals surface area (Å²) >= 11 is 0. The lowest BCUT2D eigenvalue weighted by atomic mass is 9.93. The molecule has 1 saturated carbocycles. The van der Waals surface area contributed by atoms with E-state index in [2.05, 4.69) is 15.5 Å². The predicted molar refractivity (Wildman–Crippen MR) is 99.1 cm³/mol. The molecule has 1 atom stereocenters. The smallest absolute Gasteiger partial charge is 0.341 e. The Morgan fingerprint density at radius 2 is 1.83 bits per heavy atom. The Balaban J connectivity index is 1.41. The van der Waals surface area contributed by atoms with E-state index in [-0.39, 0.29) is 11.5 Å². The van der Waals surface area contributed by atoms with Gasteiger partial charge in [0, 0.05) is 13.1 Å². The van der Waals surface area contributed by atoms with E-state index in [1.165, 1.54) is 31.0 Å². The first kappa shape index (κ1) is 20.4. The lowest BCUT2D eigenvalue weighted by Gasteiger charge is -2.33. The van der Waals surface area contributed by atoms with Crippen LogP contribution in [-0.2, 0) is 11.0 Å². The zero-order valence-corrected chi connectivity index (χ0v) is 16.3. The lowest BCUT2D eigenvalue weighted by molar-refractivity contribution is -0.137. The van der Waals surface area contributed by atoms with Gasteiger partial charge in [-0.25, -0.2) is 0 Å². The number of nitrogens with one attached hydrogen (secondary N) is 1. The van der Waals surface area contributed by atoms with Gasteiger partial charge in [0.15, 0.2) is 0 Å². The number of halogens is 3. The van der Waals surface area contributed by atoms with Gasteiger partial charge in [-0.05, 0) is 50.2 Å². The summed E-state index contributed by atoms with van der Waals surface area (Å²) in [6.07, 6.45) is -0.210. The molecule has 1 aliphatic heterocycles.